The Morgan fingerprint density at radius 2 is 1.19 bits per heavy atom. The highest BCUT2D eigenvalue weighted by molar-refractivity contribution is 6.01. The molecular formula is C30H48N2O21. The zero-order valence-corrected chi connectivity index (χ0v) is 28.3. The number of nitrogens with zero attached hydrogens (tertiary/aromatic N) is 1. The van der Waals surface area contributed by atoms with Crippen LogP contribution in [0.15, 0.2) is 0 Å². The van der Waals surface area contributed by atoms with E-state index in [0.29, 0.717) is 5.06 Å². The molecule has 4 saturated heterocycles. The number of carbonyl (C=O) groups excluding carboxylic acids is 4. The van der Waals surface area contributed by atoms with Gasteiger partial charge in [0.25, 0.3) is 11.8 Å². The Kier molecular flexibility index (Phi) is 16.2. The van der Waals surface area contributed by atoms with Crippen molar-refractivity contribution in [2.24, 2.45) is 0 Å². The monoisotopic (exact) mass is 772 g/mol. The number of amides is 3. The van der Waals surface area contributed by atoms with Gasteiger partial charge in [-0.15, -0.1) is 5.06 Å². The molecule has 0 aromatic heterocycles. The second-order valence-electron chi connectivity index (χ2n) is 12.8. The number of hydrogen-bond acceptors (Lipinski definition) is 21. The second kappa shape index (κ2) is 19.9. The third kappa shape index (κ3) is 10.8. The molecule has 0 radical (unpaired) electrons. The number of ether oxygens (including phenoxy) is 6. The number of aliphatic hydroxyl groups is 10. The first-order valence-electron chi connectivity index (χ1n) is 17.0. The van der Waals surface area contributed by atoms with E-state index in [2.05, 4.69) is 5.32 Å². The average Bonchev–Trinajstić information content (AvgIpc) is 3.45. The molecule has 3 amide bonds. The molecule has 0 aliphatic carbocycles. The van der Waals surface area contributed by atoms with Crippen LogP contribution in [-0.2, 0) is 52.4 Å². The van der Waals surface area contributed by atoms with E-state index in [4.69, 9.17) is 33.3 Å². The number of unbranched alkanes of at least 4 members (excludes halogenated alkanes) is 1. The summed E-state index contributed by atoms with van der Waals surface area (Å²) in [5, 5.41) is 105. The fraction of sp³-hybridized carbons (Fsp3) is 0.867. The first-order chi connectivity index (χ1) is 25.2. The third-order valence-corrected chi connectivity index (χ3v) is 8.99. The Morgan fingerprint density at radius 3 is 1.79 bits per heavy atom. The lowest BCUT2D eigenvalue weighted by molar-refractivity contribution is -0.366. The van der Waals surface area contributed by atoms with E-state index in [-0.39, 0.29) is 51.7 Å². The maximum atomic E-state index is 12.3. The molecule has 53 heavy (non-hydrogen) atoms. The van der Waals surface area contributed by atoms with Gasteiger partial charge >= 0.3 is 5.97 Å². The zero-order chi connectivity index (χ0) is 39.0. The van der Waals surface area contributed by atoms with E-state index in [1.807, 2.05) is 0 Å². The molecule has 4 fully saturated rings. The Balaban J connectivity index is 1.30. The summed E-state index contributed by atoms with van der Waals surface area (Å²) in [6.07, 6.45) is -25.2. The highest BCUT2D eigenvalue weighted by Crippen LogP contribution is 2.31. The van der Waals surface area contributed by atoms with Crippen LogP contribution in [-0.4, -0.2) is 205 Å². The normalized spacial score (nSPS) is 39.3. The number of aliphatic hydroxyl groups excluding tert-OH is 10. The van der Waals surface area contributed by atoms with Gasteiger partial charge in [-0.1, -0.05) is 0 Å². The molecule has 4 heterocycles. The van der Waals surface area contributed by atoms with Crippen LogP contribution in [0.4, 0.5) is 0 Å². The van der Waals surface area contributed by atoms with Crippen LogP contribution < -0.4 is 5.32 Å². The Morgan fingerprint density at radius 1 is 0.660 bits per heavy atom. The van der Waals surface area contributed by atoms with Crippen LogP contribution in [0.5, 0.6) is 0 Å². The molecule has 4 rings (SSSR count). The zero-order valence-electron chi connectivity index (χ0n) is 28.3. The number of carbonyl (C=O) groups is 4. The van der Waals surface area contributed by atoms with Gasteiger partial charge in [-0.2, -0.15) is 0 Å². The Bertz CT molecular complexity index is 1210. The molecule has 0 aromatic rings. The lowest BCUT2D eigenvalue weighted by Crippen LogP contribution is -2.65. The first-order valence-corrected chi connectivity index (χ1v) is 17.0. The molecule has 4 aliphatic heterocycles. The van der Waals surface area contributed by atoms with Crippen molar-refractivity contribution in [2.75, 3.05) is 33.0 Å². The minimum absolute atomic E-state index is 0.0179. The molecule has 11 N–H and O–H groups in total. The van der Waals surface area contributed by atoms with E-state index >= 15 is 0 Å². The van der Waals surface area contributed by atoms with Gasteiger partial charge in [-0.25, -0.2) is 4.79 Å². The fourth-order valence-electron chi connectivity index (χ4n) is 5.88. The van der Waals surface area contributed by atoms with Crippen LogP contribution in [0, 0.1) is 0 Å². The number of rotatable bonds is 17. The van der Waals surface area contributed by atoms with Crippen molar-refractivity contribution in [3.8, 4) is 0 Å². The molecular weight excluding hydrogens is 724 g/mol. The summed E-state index contributed by atoms with van der Waals surface area (Å²) in [5.74, 6) is -2.46. The standard InChI is InChI=1S/C30H48N2O21/c33-9-12-19(39)22(42)24(44)28(49-12)48-11-14-21(41)27(52-30-25(45)23(43)20(40)13(10-34)50-30)26(46)29(51-14)47-8-7-31-15(35)3-1-2-4-18(38)53-32-16(36)5-6-17(32)37/h12-14,19-30,33-34,39-46H,1-11H2,(H,31,35)/t12-,13-,14-,19-,20-,21-,22+,23+,24+,25+,26-,27+,28+,29+,30-/m1/s1. The van der Waals surface area contributed by atoms with E-state index < -0.39 is 136 Å². The molecule has 23 heteroatoms. The Labute approximate surface area is 301 Å². The fourth-order valence-corrected chi connectivity index (χ4v) is 5.88. The van der Waals surface area contributed by atoms with Crippen LogP contribution in [0.2, 0.25) is 0 Å². The third-order valence-electron chi connectivity index (χ3n) is 8.99. The van der Waals surface area contributed by atoms with Gasteiger partial charge in [-0.3, -0.25) is 14.4 Å². The van der Waals surface area contributed by atoms with Gasteiger partial charge in [-0.05, 0) is 12.8 Å². The van der Waals surface area contributed by atoms with Crippen molar-refractivity contribution in [3.05, 3.63) is 0 Å². The van der Waals surface area contributed by atoms with E-state index in [1.165, 1.54) is 0 Å². The van der Waals surface area contributed by atoms with E-state index in [9.17, 15) is 70.2 Å². The quantitative estimate of drug-likeness (QED) is 0.0483. The summed E-state index contributed by atoms with van der Waals surface area (Å²) in [7, 11) is 0. The van der Waals surface area contributed by atoms with Crippen molar-refractivity contribution >= 4 is 23.7 Å². The van der Waals surface area contributed by atoms with Crippen molar-refractivity contribution in [1.29, 1.82) is 0 Å². The summed E-state index contributed by atoms with van der Waals surface area (Å²) >= 11 is 0. The van der Waals surface area contributed by atoms with E-state index in [0.717, 1.165) is 0 Å². The molecule has 0 unspecified atom stereocenters. The summed E-state index contributed by atoms with van der Waals surface area (Å²) < 4.78 is 33.0. The van der Waals surface area contributed by atoms with Gasteiger partial charge in [0.2, 0.25) is 5.91 Å². The minimum atomic E-state index is -1.92. The number of hydrogen-bond donors (Lipinski definition) is 11. The van der Waals surface area contributed by atoms with Crippen LogP contribution in [0.25, 0.3) is 0 Å². The molecule has 23 nitrogen and oxygen atoms in total. The number of hydroxylamine groups is 2. The van der Waals surface area contributed by atoms with E-state index in [1.54, 1.807) is 0 Å². The minimum Gasteiger partial charge on any atom is -0.394 e. The van der Waals surface area contributed by atoms with Crippen molar-refractivity contribution < 1.29 is 104 Å². The predicted molar refractivity (Wildman–Crippen MR) is 164 cm³/mol. The maximum Gasteiger partial charge on any atom is 0.333 e. The summed E-state index contributed by atoms with van der Waals surface area (Å²) in [5.41, 5.74) is 0. The van der Waals surface area contributed by atoms with Gasteiger partial charge in [0.15, 0.2) is 18.9 Å². The van der Waals surface area contributed by atoms with Gasteiger partial charge in [0, 0.05) is 32.2 Å². The van der Waals surface area contributed by atoms with Crippen molar-refractivity contribution in [1.82, 2.24) is 10.4 Å². The maximum absolute atomic E-state index is 12.3. The molecule has 15 atom stereocenters. The van der Waals surface area contributed by atoms with Gasteiger partial charge in [0.1, 0.15) is 73.2 Å². The SMILES string of the molecule is O=C(CCCCC(=O)ON1C(=O)CCC1=O)NCCO[C@H]1O[C@H](CO[C@H]2O[C@H](CO)[C@@H](O)[C@H](O)[C@@H]2O)[C@@H](O)[C@H](O[C@H]2O[C@H](CO)[C@@H](O)[C@H](O)[C@@H]2O)[C@H]1O. The number of imide groups is 1. The summed E-state index contributed by atoms with van der Waals surface area (Å²) in [6.45, 7) is -2.62. The Hall–Kier alpha value is -2.56. The molecule has 0 spiro atoms. The van der Waals surface area contributed by atoms with Crippen molar-refractivity contribution in [3.63, 3.8) is 0 Å². The predicted octanol–water partition coefficient (Wildman–Crippen LogP) is -7.26. The van der Waals surface area contributed by atoms with Crippen molar-refractivity contribution in [2.45, 2.75) is 131 Å². The topological polar surface area (TPSA) is 350 Å². The first kappa shape index (κ1) is 43.2. The average molecular weight is 773 g/mol. The largest absolute Gasteiger partial charge is 0.394 e. The molecule has 0 saturated carbocycles. The summed E-state index contributed by atoms with van der Waals surface area (Å²) in [6, 6.07) is 0. The molecule has 0 bridgehead atoms. The van der Waals surface area contributed by atoms with Crippen LogP contribution in [0.1, 0.15) is 38.5 Å². The van der Waals surface area contributed by atoms with Gasteiger partial charge in [0.05, 0.1) is 26.4 Å². The summed E-state index contributed by atoms with van der Waals surface area (Å²) in [4.78, 5) is 52.1. The van der Waals surface area contributed by atoms with Gasteiger partial charge < -0.3 is 89.6 Å². The highest BCUT2D eigenvalue weighted by atomic mass is 16.8. The van der Waals surface area contributed by atoms with Crippen LogP contribution >= 0.6 is 0 Å². The highest BCUT2D eigenvalue weighted by Gasteiger charge is 2.52. The second-order valence-corrected chi connectivity index (χ2v) is 12.8. The lowest BCUT2D eigenvalue weighted by Gasteiger charge is -2.46. The van der Waals surface area contributed by atoms with Crippen LogP contribution in [0.3, 0.4) is 0 Å². The molecule has 304 valence electrons. The smallest absolute Gasteiger partial charge is 0.333 e. The molecule has 0 aromatic carbocycles. The molecule has 4 aliphatic rings. The number of nitrogens with one attached hydrogen (secondary N) is 1. The lowest BCUT2D eigenvalue weighted by atomic mass is 9.96.